The summed E-state index contributed by atoms with van der Waals surface area (Å²) in [5.74, 6) is 0.851. The zero-order valence-electron chi connectivity index (χ0n) is 11.8. The van der Waals surface area contributed by atoms with Crippen molar-refractivity contribution in [2.45, 2.75) is 96.2 Å². The van der Waals surface area contributed by atoms with Crippen LogP contribution in [0.25, 0.3) is 0 Å². The maximum atomic E-state index is 6.26. The van der Waals surface area contributed by atoms with Gasteiger partial charge in [0.15, 0.2) is 0 Å². The first-order valence-corrected chi connectivity index (χ1v) is 7.85. The van der Waals surface area contributed by atoms with Gasteiger partial charge in [0.25, 0.3) is 0 Å². The molecule has 0 aromatic rings. The Morgan fingerprint density at radius 3 is 1.94 bits per heavy atom. The lowest BCUT2D eigenvalue weighted by atomic mass is 9.87. The van der Waals surface area contributed by atoms with Crippen molar-refractivity contribution in [3.63, 3.8) is 0 Å². The van der Waals surface area contributed by atoms with Crippen LogP contribution in [0.1, 0.15) is 84.5 Å². The van der Waals surface area contributed by atoms with E-state index in [4.69, 9.17) is 4.74 Å². The summed E-state index contributed by atoms with van der Waals surface area (Å²) >= 11 is 0. The first-order valence-electron chi connectivity index (χ1n) is 7.85. The van der Waals surface area contributed by atoms with Crippen LogP contribution in [0.4, 0.5) is 0 Å². The van der Waals surface area contributed by atoms with Crippen molar-refractivity contribution in [1.29, 1.82) is 0 Å². The molecule has 0 aromatic carbocycles. The molecule has 100 valence electrons. The maximum Gasteiger partial charge on any atom is 0.0634 e. The highest BCUT2D eigenvalue weighted by molar-refractivity contribution is 4.88. The second-order valence-corrected chi connectivity index (χ2v) is 6.79. The van der Waals surface area contributed by atoms with Gasteiger partial charge in [-0.05, 0) is 39.0 Å². The molecule has 1 saturated carbocycles. The van der Waals surface area contributed by atoms with Gasteiger partial charge in [-0.25, -0.2) is 0 Å². The molecule has 1 nitrogen and oxygen atoms in total. The highest BCUT2D eigenvalue weighted by Crippen LogP contribution is 2.39. The van der Waals surface area contributed by atoms with Crippen molar-refractivity contribution in [3.05, 3.63) is 0 Å². The summed E-state index contributed by atoms with van der Waals surface area (Å²) in [6.45, 7) is 4.55. The topological polar surface area (TPSA) is 9.23 Å². The van der Waals surface area contributed by atoms with E-state index in [-0.39, 0.29) is 5.60 Å². The lowest BCUT2D eigenvalue weighted by molar-refractivity contribution is -0.0257. The molecule has 0 spiro atoms. The van der Waals surface area contributed by atoms with E-state index in [9.17, 15) is 0 Å². The molecule has 17 heavy (non-hydrogen) atoms. The van der Waals surface area contributed by atoms with Crippen molar-refractivity contribution in [1.82, 2.24) is 0 Å². The Labute approximate surface area is 107 Å². The fourth-order valence-corrected chi connectivity index (χ4v) is 3.71. The summed E-state index contributed by atoms with van der Waals surface area (Å²) in [5.41, 5.74) is 0.148. The predicted octanol–water partition coefficient (Wildman–Crippen LogP) is 5.08. The summed E-state index contributed by atoms with van der Waals surface area (Å²) in [7, 11) is 0. The van der Waals surface area contributed by atoms with Crippen molar-refractivity contribution < 1.29 is 4.74 Å². The lowest BCUT2D eigenvalue weighted by Crippen LogP contribution is -2.20. The SMILES string of the molecule is CC1(C)CC2CCCCCCCCCCC2O1. The van der Waals surface area contributed by atoms with Crippen molar-refractivity contribution in [2.75, 3.05) is 0 Å². The monoisotopic (exact) mass is 238 g/mol. The Balaban J connectivity index is 1.87. The third-order valence-electron chi connectivity index (χ3n) is 4.56. The molecule has 0 amide bonds. The van der Waals surface area contributed by atoms with Crippen LogP contribution in [0.15, 0.2) is 0 Å². The van der Waals surface area contributed by atoms with E-state index in [2.05, 4.69) is 13.8 Å². The van der Waals surface area contributed by atoms with Gasteiger partial charge in [-0.3, -0.25) is 0 Å². The largest absolute Gasteiger partial charge is 0.372 e. The molecule has 1 heterocycles. The van der Waals surface area contributed by atoms with Gasteiger partial charge in [-0.2, -0.15) is 0 Å². The number of fused-ring (bicyclic) bond motifs is 1. The van der Waals surface area contributed by atoms with Crippen LogP contribution in [0.3, 0.4) is 0 Å². The molecule has 1 aliphatic carbocycles. The zero-order valence-corrected chi connectivity index (χ0v) is 11.8. The molecule has 2 unspecified atom stereocenters. The van der Waals surface area contributed by atoms with Gasteiger partial charge in [0.05, 0.1) is 11.7 Å². The van der Waals surface area contributed by atoms with E-state index in [1.807, 2.05) is 0 Å². The minimum Gasteiger partial charge on any atom is -0.372 e. The summed E-state index contributed by atoms with van der Waals surface area (Å²) in [5, 5.41) is 0. The Hall–Kier alpha value is -0.0400. The third kappa shape index (κ3) is 4.28. The van der Waals surface area contributed by atoms with Crippen LogP contribution in [-0.4, -0.2) is 11.7 Å². The lowest BCUT2D eigenvalue weighted by Gasteiger charge is -2.20. The molecule has 1 saturated heterocycles. The normalized spacial score (nSPS) is 35.6. The summed E-state index contributed by atoms with van der Waals surface area (Å²) in [6.07, 6.45) is 16.1. The molecular weight excluding hydrogens is 208 g/mol. The van der Waals surface area contributed by atoms with E-state index < -0.39 is 0 Å². The number of hydrogen-bond acceptors (Lipinski definition) is 1. The van der Waals surface area contributed by atoms with Crippen LogP contribution < -0.4 is 0 Å². The van der Waals surface area contributed by atoms with E-state index in [0.717, 1.165) is 5.92 Å². The van der Waals surface area contributed by atoms with Gasteiger partial charge in [0, 0.05) is 0 Å². The third-order valence-corrected chi connectivity index (χ3v) is 4.56. The van der Waals surface area contributed by atoms with Crippen LogP contribution in [-0.2, 0) is 4.74 Å². The zero-order chi connectivity index (χ0) is 12.1. The van der Waals surface area contributed by atoms with Crippen molar-refractivity contribution in [3.8, 4) is 0 Å². The summed E-state index contributed by atoms with van der Waals surface area (Å²) in [6, 6.07) is 0. The van der Waals surface area contributed by atoms with E-state index in [0.29, 0.717) is 6.10 Å². The fraction of sp³-hybridized carbons (Fsp3) is 1.00. The van der Waals surface area contributed by atoms with Crippen LogP contribution in [0.5, 0.6) is 0 Å². The smallest absolute Gasteiger partial charge is 0.0634 e. The highest BCUT2D eigenvalue weighted by Gasteiger charge is 2.39. The standard InChI is InChI=1S/C16H30O/c1-16(2)13-14-11-9-7-5-3-4-6-8-10-12-15(14)17-16/h14-15H,3-13H2,1-2H3. The van der Waals surface area contributed by atoms with Crippen LogP contribution in [0.2, 0.25) is 0 Å². The Bertz CT molecular complexity index is 200. The Morgan fingerprint density at radius 1 is 0.765 bits per heavy atom. The Morgan fingerprint density at radius 2 is 1.29 bits per heavy atom. The quantitative estimate of drug-likeness (QED) is 0.571. The minimum atomic E-state index is 0.148. The molecule has 0 bridgehead atoms. The summed E-state index contributed by atoms with van der Waals surface area (Å²) in [4.78, 5) is 0. The number of hydrogen-bond donors (Lipinski definition) is 0. The predicted molar refractivity (Wildman–Crippen MR) is 73.2 cm³/mol. The molecule has 2 fully saturated rings. The van der Waals surface area contributed by atoms with E-state index in [1.165, 1.54) is 70.6 Å². The average molecular weight is 238 g/mol. The van der Waals surface area contributed by atoms with Gasteiger partial charge < -0.3 is 4.74 Å². The Kier molecular flexibility index (Phi) is 4.90. The highest BCUT2D eigenvalue weighted by atomic mass is 16.5. The van der Waals surface area contributed by atoms with Gasteiger partial charge in [0.1, 0.15) is 0 Å². The van der Waals surface area contributed by atoms with Gasteiger partial charge in [-0.15, -0.1) is 0 Å². The van der Waals surface area contributed by atoms with E-state index >= 15 is 0 Å². The first kappa shape index (κ1) is 13.4. The van der Waals surface area contributed by atoms with Crippen molar-refractivity contribution >= 4 is 0 Å². The molecule has 2 atom stereocenters. The maximum absolute atomic E-state index is 6.26. The second kappa shape index (κ2) is 6.22. The van der Waals surface area contributed by atoms with E-state index in [1.54, 1.807) is 0 Å². The molecule has 2 aliphatic rings. The second-order valence-electron chi connectivity index (χ2n) is 6.79. The van der Waals surface area contributed by atoms with Gasteiger partial charge in [0.2, 0.25) is 0 Å². The van der Waals surface area contributed by atoms with Gasteiger partial charge >= 0.3 is 0 Å². The van der Waals surface area contributed by atoms with Crippen molar-refractivity contribution in [2.24, 2.45) is 5.92 Å². The minimum absolute atomic E-state index is 0.148. The molecule has 1 heteroatoms. The molecular formula is C16H30O. The first-order chi connectivity index (χ1) is 8.17. The summed E-state index contributed by atoms with van der Waals surface area (Å²) < 4.78 is 6.26. The molecule has 2 rings (SSSR count). The molecule has 0 aromatic heterocycles. The average Bonchev–Trinajstić information content (AvgIpc) is 2.54. The number of rotatable bonds is 0. The molecule has 0 N–H and O–H groups in total. The number of ether oxygens (including phenoxy) is 1. The molecule has 0 radical (unpaired) electrons. The van der Waals surface area contributed by atoms with Gasteiger partial charge in [-0.1, -0.05) is 51.4 Å². The molecule has 1 aliphatic heterocycles. The van der Waals surface area contributed by atoms with Crippen LogP contribution in [0, 0.1) is 5.92 Å². The fourth-order valence-electron chi connectivity index (χ4n) is 3.71. The van der Waals surface area contributed by atoms with Crippen LogP contribution >= 0.6 is 0 Å².